The number of ether oxygens (including phenoxy) is 1. The van der Waals surface area contributed by atoms with Crippen molar-refractivity contribution in [2.75, 3.05) is 12.4 Å². The number of nitro groups is 1. The molecule has 2 aromatic carbocycles. The fourth-order valence-electron chi connectivity index (χ4n) is 2.54. The highest BCUT2D eigenvalue weighted by molar-refractivity contribution is 7.93. The highest BCUT2D eigenvalue weighted by Gasteiger charge is 2.22. The Bertz CT molecular complexity index is 1160. The van der Waals surface area contributed by atoms with Crippen LogP contribution in [0.5, 0.6) is 5.75 Å². The Morgan fingerprint density at radius 1 is 1.17 bits per heavy atom. The van der Waals surface area contributed by atoms with Crippen LogP contribution in [0.1, 0.15) is 12.0 Å². The number of thiazole rings is 1. The number of benzene rings is 2. The van der Waals surface area contributed by atoms with Crippen LogP contribution in [0.2, 0.25) is 0 Å². The van der Waals surface area contributed by atoms with Crippen molar-refractivity contribution in [2.45, 2.75) is 21.9 Å². The van der Waals surface area contributed by atoms with Crippen LogP contribution >= 0.6 is 11.3 Å². The Morgan fingerprint density at radius 3 is 2.43 bits per heavy atom. The predicted molar refractivity (Wildman–Crippen MR) is 111 cm³/mol. The van der Waals surface area contributed by atoms with E-state index in [1.807, 2.05) is 24.3 Å². The van der Waals surface area contributed by atoms with Crippen LogP contribution in [0, 0.1) is 10.1 Å². The van der Waals surface area contributed by atoms with Gasteiger partial charge in [0, 0.05) is 18.6 Å². The summed E-state index contributed by atoms with van der Waals surface area (Å²) in [6, 6.07) is 11.9. The van der Waals surface area contributed by atoms with E-state index in [2.05, 4.69) is 10.3 Å². The molecule has 3 aromatic rings. The lowest BCUT2D eigenvalue weighted by atomic mass is 10.1. The third kappa shape index (κ3) is 4.99. The molecule has 0 saturated carbocycles. The number of carbonyl (C=O) groups is 1. The quantitative estimate of drug-likeness (QED) is 0.413. The Kier molecular flexibility index (Phi) is 6.43. The maximum absolute atomic E-state index is 12.7. The van der Waals surface area contributed by atoms with Crippen molar-refractivity contribution in [1.82, 2.24) is 4.98 Å². The molecule has 0 spiro atoms. The fourth-order valence-corrected chi connectivity index (χ4v) is 4.99. The van der Waals surface area contributed by atoms with Crippen molar-refractivity contribution in [2.24, 2.45) is 0 Å². The summed E-state index contributed by atoms with van der Waals surface area (Å²) in [4.78, 5) is 26.1. The number of non-ortho nitro benzene ring substituents is 1. The van der Waals surface area contributed by atoms with Crippen LogP contribution in [-0.4, -0.2) is 31.3 Å². The summed E-state index contributed by atoms with van der Waals surface area (Å²) in [7, 11) is -2.31. The second-order valence-corrected chi connectivity index (χ2v) is 9.34. The second-order valence-electron chi connectivity index (χ2n) is 6.14. The number of sulfone groups is 1. The van der Waals surface area contributed by atoms with E-state index in [-0.39, 0.29) is 32.3 Å². The number of hydrogen-bond donors (Lipinski definition) is 1. The lowest BCUT2D eigenvalue weighted by Gasteiger charge is -2.04. The van der Waals surface area contributed by atoms with Crippen molar-refractivity contribution in [3.05, 3.63) is 70.4 Å². The molecule has 1 N–H and O–H groups in total. The smallest absolute Gasteiger partial charge is 0.269 e. The molecule has 0 aliphatic rings. The number of aryl methyl sites for hydroxylation is 1. The van der Waals surface area contributed by atoms with E-state index in [1.165, 1.54) is 12.1 Å². The molecule has 0 aliphatic carbocycles. The molecule has 0 unspecified atom stereocenters. The number of amides is 1. The predicted octanol–water partition coefficient (Wildman–Crippen LogP) is 3.46. The largest absolute Gasteiger partial charge is 0.497 e. The van der Waals surface area contributed by atoms with Gasteiger partial charge in [0.05, 0.1) is 23.1 Å². The molecule has 1 heterocycles. The Balaban J connectivity index is 1.63. The van der Waals surface area contributed by atoms with Gasteiger partial charge >= 0.3 is 0 Å². The molecule has 156 valence electrons. The number of carbonyl (C=O) groups excluding carboxylic acids is 1. The highest BCUT2D eigenvalue weighted by atomic mass is 32.2. The molecule has 0 atom stereocenters. The molecule has 0 saturated heterocycles. The lowest BCUT2D eigenvalue weighted by Crippen LogP contribution is -2.12. The van der Waals surface area contributed by atoms with Gasteiger partial charge in [-0.2, -0.15) is 0 Å². The van der Waals surface area contributed by atoms with Gasteiger partial charge in [0.2, 0.25) is 15.7 Å². The molecule has 11 heteroatoms. The first-order chi connectivity index (χ1) is 14.3. The minimum Gasteiger partial charge on any atom is -0.497 e. The molecule has 0 fully saturated rings. The summed E-state index contributed by atoms with van der Waals surface area (Å²) >= 11 is 0.819. The molecular formula is C19H17N3O6S2. The van der Waals surface area contributed by atoms with Gasteiger partial charge in [0.25, 0.3) is 5.69 Å². The van der Waals surface area contributed by atoms with Crippen LogP contribution < -0.4 is 10.1 Å². The van der Waals surface area contributed by atoms with Crippen LogP contribution in [-0.2, 0) is 21.1 Å². The number of anilines is 1. The van der Waals surface area contributed by atoms with Crippen molar-refractivity contribution >= 4 is 37.9 Å². The normalized spacial score (nSPS) is 11.1. The molecule has 1 amide bonds. The third-order valence-corrected chi connectivity index (χ3v) is 7.30. The summed E-state index contributed by atoms with van der Waals surface area (Å²) in [5, 5.41) is 13.5. The van der Waals surface area contributed by atoms with E-state index in [0.29, 0.717) is 6.42 Å². The first-order valence-corrected chi connectivity index (χ1v) is 11.0. The minimum absolute atomic E-state index is 0.0678. The van der Waals surface area contributed by atoms with Crippen molar-refractivity contribution in [3.63, 3.8) is 0 Å². The van der Waals surface area contributed by atoms with Gasteiger partial charge in [-0.25, -0.2) is 13.4 Å². The van der Waals surface area contributed by atoms with Crippen LogP contribution in [0.15, 0.2) is 63.8 Å². The number of hydrogen-bond acceptors (Lipinski definition) is 8. The van der Waals surface area contributed by atoms with Crippen molar-refractivity contribution in [3.8, 4) is 5.75 Å². The Morgan fingerprint density at radius 2 is 1.83 bits per heavy atom. The molecule has 9 nitrogen and oxygen atoms in total. The van der Waals surface area contributed by atoms with E-state index in [1.54, 1.807) is 7.11 Å². The molecule has 0 radical (unpaired) electrons. The summed E-state index contributed by atoms with van der Waals surface area (Å²) in [5.41, 5.74) is 0.759. The van der Waals surface area contributed by atoms with E-state index < -0.39 is 14.8 Å². The first kappa shape index (κ1) is 21.4. The zero-order chi connectivity index (χ0) is 21.7. The molecule has 30 heavy (non-hydrogen) atoms. The van der Waals surface area contributed by atoms with Crippen LogP contribution in [0.4, 0.5) is 10.8 Å². The number of nitrogens with zero attached hydrogens (tertiary/aromatic N) is 2. The van der Waals surface area contributed by atoms with Crippen molar-refractivity contribution < 1.29 is 22.9 Å². The summed E-state index contributed by atoms with van der Waals surface area (Å²) in [5.74, 6) is 0.437. The van der Waals surface area contributed by atoms with Crippen molar-refractivity contribution in [1.29, 1.82) is 0 Å². The van der Waals surface area contributed by atoms with Crippen LogP contribution in [0.25, 0.3) is 0 Å². The van der Waals surface area contributed by atoms with Gasteiger partial charge < -0.3 is 10.1 Å². The number of aromatic nitrogens is 1. The van der Waals surface area contributed by atoms with Gasteiger partial charge in [-0.3, -0.25) is 14.9 Å². The van der Waals surface area contributed by atoms with E-state index in [9.17, 15) is 23.3 Å². The molecular weight excluding hydrogens is 430 g/mol. The Hall–Kier alpha value is -3.31. The highest BCUT2D eigenvalue weighted by Crippen LogP contribution is 2.29. The zero-order valence-corrected chi connectivity index (χ0v) is 17.4. The summed E-state index contributed by atoms with van der Waals surface area (Å²) in [6.07, 6.45) is 1.87. The Labute approximate surface area is 176 Å². The second kappa shape index (κ2) is 9.01. The average Bonchev–Trinajstić information content (AvgIpc) is 3.22. The molecule has 0 bridgehead atoms. The van der Waals surface area contributed by atoms with Gasteiger partial charge in [0.15, 0.2) is 5.13 Å². The van der Waals surface area contributed by atoms with Crippen LogP contribution in [0.3, 0.4) is 0 Å². The summed E-state index contributed by atoms with van der Waals surface area (Å²) in [6.45, 7) is 0. The van der Waals surface area contributed by atoms with E-state index in [0.717, 1.165) is 41.0 Å². The zero-order valence-electron chi connectivity index (χ0n) is 15.8. The maximum atomic E-state index is 12.7. The SMILES string of the molecule is COc1ccc(CCC(=O)Nc2ncc(S(=O)(=O)c3ccc([N+](=O)[O-])cc3)s2)cc1. The first-order valence-electron chi connectivity index (χ1n) is 8.68. The van der Waals surface area contributed by atoms with Gasteiger partial charge in [0.1, 0.15) is 9.96 Å². The average molecular weight is 447 g/mol. The number of nitro benzene ring substituents is 1. The topological polar surface area (TPSA) is 128 Å². The monoisotopic (exact) mass is 447 g/mol. The third-order valence-electron chi connectivity index (χ3n) is 4.15. The lowest BCUT2D eigenvalue weighted by molar-refractivity contribution is -0.384. The molecule has 1 aromatic heterocycles. The van der Waals surface area contributed by atoms with Gasteiger partial charge in [-0.05, 0) is 36.2 Å². The number of rotatable bonds is 8. The van der Waals surface area contributed by atoms with E-state index >= 15 is 0 Å². The summed E-state index contributed by atoms with van der Waals surface area (Å²) < 4.78 is 30.3. The minimum atomic E-state index is -3.89. The molecule has 3 rings (SSSR count). The molecule has 0 aliphatic heterocycles. The number of methoxy groups -OCH3 is 1. The number of nitrogens with one attached hydrogen (secondary N) is 1. The van der Waals surface area contributed by atoms with Gasteiger partial charge in [-0.1, -0.05) is 23.5 Å². The fraction of sp³-hybridized carbons (Fsp3) is 0.158. The standard InChI is InChI=1S/C19H17N3O6S2/c1-28-15-7-2-13(3-8-15)4-11-17(23)21-19-20-12-18(29-19)30(26,27)16-9-5-14(6-10-16)22(24)25/h2-3,5-10,12H,4,11H2,1H3,(H,20,21,23). The van der Waals surface area contributed by atoms with E-state index in [4.69, 9.17) is 4.74 Å². The van der Waals surface area contributed by atoms with Gasteiger partial charge in [-0.15, -0.1) is 0 Å². The maximum Gasteiger partial charge on any atom is 0.269 e.